The minimum absolute atomic E-state index is 0.0929. The Morgan fingerprint density at radius 2 is 1.88 bits per heavy atom. The lowest BCUT2D eigenvalue weighted by Gasteiger charge is -2.27. The number of hydrogen-bond donors (Lipinski definition) is 1. The molecule has 1 aromatic heterocycles. The lowest BCUT2D eigenvalue weighted by Crippen LogP contribution is -2.31. The fourth-order valence-electron chi connectivity index (χ4n) is 2.93. The van der Waals surface area contributed by atoms with Gasteiger partial charge in [0.2, 0.25) is 0 Å². The molecule has 5 heteroatoms. The molecule has 0 spiro atoms. The monoisotopic (exact) mass is 324 g/mol. The summed E-state index contributed by atoms with van der Waals surface area (Å²) in [6.45, 7) is 4.54. The molecule has 0 bridgehead atoms. The second-order valence-corrected chi connectivity index (χ2v) is 6.11. The van der Waals surface area contributed by atoms with Gasteiger partial charge in [0, 0.05) is 24.8 Å². The molecular weight excluding hydrogens is 300 g/mol. The standard InChI is InChI=1S/C19H24N4O/c1-2-15-6-8-16(9-7-15)19(24)21-14-17-20-11-10-18(22-17)23-12-4-3-5-13-23/h6-11H,2-5,12-14H2,1H3,(H,21,24). The SMILES string of the molecule is CCc1ccc(C(=O)NCc2nccc(N3CCCCC3)n2)cc1. The largest absolute Gasteiger partial charge is 0.357 e. The van der Waals surface area contributed by atoms with Crippen LogP contribution >= 0.6 is 0 Å². The summed E-state index contributed by atoms with van der Waals surface area (Å²) in [6, 6.07) is 9.64. The maximum atomic E-state index is 12.2. The van der Waals surface area contributed by atoms with Crippen molar-refractivity contribution >= 4 is 11.7 Å². The molecule has 5 nitrogen and oxygen atoms in total. The normalized spacial score (nSPS) is 14.5. The fraction of sp³-hybridized carbons (Fsp3) is 0.421. The molecule has 24 heavy (non-hydrogen) atoms. The molecule has 126 valence electrons. The topological polar surface area (TPSA) is 58.1 Å². The zero-order valence-corrected chi connectivity index (χ0v) is 14.2. The second-order valence-electron chi connectivity index (χ2n) is 6.11. The first-order valence-corrected chi connectivity index (χ1v) is 8.70. The number of aromatic nitrogens is 2. The third-order valence-electron chi connectivity index (χ3n) is 4.40. The summed E-state index contributed by atoms with van der Waals surface area (Å²) < 4.78 is 0. The van der Waals surface area contributed by atoms with Crippen molar-refractivity contribution in [2.24, 2.45) is 0 Å². The third-order valence-corrected chi connectivity index (χ3v) is 4.40. The van der Waals surface area contributed by atoms with Gasteiger partial charge in [-0.2, -0.15) is 0 Å². The molecule has 1 aromatic carbocycles. The molecule has 2 aromatic rings. The summed E-state index contributed by atoms with van der Waals surface area (Å²) in [5, 5.41) is 2.90. The van der Waals surface area contributed by atoms with Crippen molar-refractivity contribution in [3.05, 3.63) is 53.5 Å². The summed E-state index contributed by atoms with van der Waals surface area (Å²) >= 11 is 0. The van der Waals surface area contributed by atoms with E-state index < -0.39 is 0 Å². The molecule has 1 N–H and O–H groups in total. The van der Waals surface area contributed by atoms with Gasteiger partial charge in [0.25, 0.3) is 5.91 Å². The maximum Gasteiger partial charge on any atom is 0.251 e. The highest BCUT2D eigenvalue weighted by atomic mass is 16.1. The summed E-state index contributed by atoms with van der Waals surface area (Å²) in [4.78, 5) is 23.4. The zero-order chi connectivity index (χ0) is 16.8. The van der Waals surface area contributed by atoms with Crippen LogP contribution in [0.1, 0.15) is 47.9 Å². The van der Waals surface area contributed by atoms with Gasteiger partial charge in [-0.1, -0.05) is 19.1 Å². The number of hydrogen-bond acceptors (Lipinski definition) is 4. The van der Waals surface area contributed by atoms with Crippen molar-refractivity contribution < 1.29 is 4.79 Å². The number of anilines is 1. The number of carbonyl (C=O) groups is 1. The number of nitrogens with zero attached hydrogens (tertiary/aromatic N) is 3. The highest BCUT2D eigenvalue weighted by Crippen LogP contribution is 2.16. The first kappa shape index (κ1) is 16.4. The van der Waals surface area contributed by atoms with E-state index in [1.165, 1.54) is 24.8 Å². The fourth-order valence-corrected chi connectivity index (χ4v) is 2.93. The van der Waals surface area contributed by atoms with Gasteiger partial charge in [-0.15, -0.1) is 0 Å². The van der Waals surface area contributed by atoms with Crippen LogP contribution in [0.2, 0.25) is 0 Å². The van der Waals surface area contributed by atoms with E-state index in [2.05, 4.69) is 27.1 Å². The molecule has 1 amide bonds. The Balaban J connectivity index is 1.60. The predicted molar refractivity (Wildman–Crippen MR) is 95.1 cm³/mol. The molecule has 2 heterocycles. The quantitative estimate of drug-likeness (QED) is 0.918. The molecular formula is C19H24N4O. The first-order valence-electron chi connectivity index (χ1n) is 8.70. The summed E-state index contributed by atoms with van der Waals surface area (Å²) in [5.74, 6) is 1.52. The van der Waals surface area contributed by atoms with E-state index >= 15 is 0 Å². The van der Waals surface area contributed by atoms with Crippen LogP contribution in [0.15, 0.2) is 36.5 Å². The van der Waals surface area contributed by atoms with E-state index in [-0.39, 0.29) is 5.91 Å². The van der Waals surface area contributed by atoms with Gasteiger partial charge in [0.15, 0.2) is 0 Å². The van der Waals surface area contributed by atoms with Gasteiger partial charge < -0.3 is 10.2 Å². The number of rotatable bonds is 5. The first-order chi connectivity index (χ1) is 11.8. The molecule has 3 rings (SSSR count). The lowest BCUT2D eigenvalue weighted by molar-refractivity contribution is 0.0950. The van der Waals surface area contributed by atoms with Crippen molar-refractivity contribution in [3.8, 4) is 0 Å². The Morgan fingerprint density at radius 1 is 1.12 bits per heavy atom. The summed E-state index contributed by atoms with van der Waals surface area (Å²) in [7, 11) is 0. The van der Waals surface area contributed by atoms with Crippen LogP contribution in [0.4, 0.5) is 5.82 Å². The van der Waals surface area contributed by atoms with Gasteiger partial charge in [0.1, 0.15) is 11.6 Å². The number of amides is 1. The molecule has 1 aliphatic rings. The number of aryl methyl sites for hydroxylation is 1. The van der Waals surface area contributed by atoms with E-state index in [0.29, 0.717) is 17.9 Å². The van der Waals surface area contributed by atoms with Crippen LogP contribution in [-0.2, 0) is 13.0 Å². The molecule has 0 atom stereocenters. The minimum Gasteiger partial charge on any atom is -0.357 e. The van der Waals surface area contributed by atoms with Crippen molar-refractivity contribution in [3.63, 3.8) is 0 Å². The molecule has 0 radical (unpaired) electrons. The Hall–Kier alpha value is -2.43. The highest BCUT2D eigenvalue weighted by Gasteiger charge is 2.13. The smallest absolute Gasteiger partial charge is 0.251 e. The molecule has 0 saturated carbocycles. The lowest BCUT2D eigenvalue weighted by atomic mass is 10.1. The average molecular weight is 324 g/mol. The third kappa shape index (κ3) is 4.10. The van der Waals surface area contributed by atoms with E-state index in [9.17, 15) is 4.79 Å². The van der Waals surface area contributed by atoms with Crippen LogP contribution in [0.5, 0.6) is 0 Å². The van der Waals surface area contributed by atoms with Gasteiger partial charge in [0.05, 0.1) is 6.54 Å². The molecule has 1 saturated heterocycles. The number of benzene rings is 1. The molecule has 0 unspecified atom stereocenters. The van der Waals surface area contributed by atoms with Gasteiger partial charge >= 0.3 is 0 Å². The second kappa shape index (κ2) is 7.90. The predicted octanol–water partition coefficient (Wildman–Crippen LogP) is 2.96. The van der Waals surface area contributed by atoms with Crippen molar-refractivity contribution in [2.75, 3.05) is 18.0 Å². The van der Waals surface area contributed by atoms with E-state index in [1.807, 2.05) is 30.3 Å². The van der Waals surface area contributed by atoms with Crippen LogP contribution in [-0.4, -0.2) is 29.0 Å². The van der Waals surface area contributed by atoms with Crippen LogP contribution in [0.3, 0.4) is 0 Å². The molecule has 1 aliphatic heterocycles. The molecule has 1 fully saturated rings. The Bertz CT molecular complexity index is 678. The van der Waals surface area contributed by atoms with E-state index in [0.717, 1.165) is 25.3 Å². The van der Waals surface area contributed by atoms with Gasteiger partial charge in [-0.25, -0.2) is 9.97 Å². The number of nitrogens with one attached hydrogen (secondary N) is 1. The van der Waals surface area contributed by atoms with Crippen LogP contribution in [0, 0.1) is 0 Å². The number of carbonyl (C=O) groups excluding carboxylic acids is 1. The number of piperidine rings is 1. The van der Waals surface area contributed by atoms with E-state index in [1.54, 1.807) is 6.20 Å². The van der Waals surface area contributed by atoms with Crippen molar-refractivity contribution in [2.45, 2.75) is 39.2 Å². The minimum atomic E-state index is -0.0929. The van der Waals surface area contributed by atoms with Crippen molar-refractivity contribution in [1.29, 1.82) is 0 Å². The summed E-state index contributed by atoms with van der Waals surface area (Å²) in [6.07, 6.45) is 6.46. The molecule has 0 aliphatic carbocycles. The van der Waals surface area contributed by atoms with Crippen LogP contribution < -0.4 is 10.2 Å². The van der Waals surface area contributed by atoms with E-state index in [4.69, 9.17) is 0 Å². The van der Waals surface area contributed by atoms with Gasteiger partial charge in [-0.05, 0) is 49.4 Å². The Kier molecular flexibility index (Phi) is 5.41. The van der Waals surface area contributed by atoms with Crippen LogP contribution in [0.25, 0.3) is 0 Å². The highest BCUT2D eigenvalue weighted by molar-refractivity contribution is 5.94. The Labute approximate surface area is 143 Å². The Morgan fingerprint density at radius 3 is 2.58 bits per heavy atom. The van der Waals surface area contributed by atoms with Gasteiger partial charge in [-0.3, -0.25) is 4.79 Å². The van der Waals surface area contributed by atoms with Crippen molar-refractivity contribution in [1.82, 2.24) is 15.3 Å². The average Bonchev–Trinajstić information content (AvgIpc) is 2.67. The zero-order valence-electron chi connectivity index (χ0n) is 14.2. The summed E-state index contributed by atoms with van der Waals surface area (Å²) in [5.41, 5.74) is 1.89. The maximum absolute atomic E-state index is 12.2.